The van der Waals surface area contributed by atoms with E-state index in [0.717, 1.165) is 19.7 Å². The summed E-state index contributed by atoms with van der Waals surface area (Å²) in [6.45, 7) is 0. The predicted octanol–water partition coefficient (Wildman–Crippen LogP) is 6.40. The first-order valence-electron chi connectivity index (χ1n) is 8.69. The topological polar surface area (TPSA) is 70.5 Å². The predicted molar refractivity (Wildman–Crippen MR) is 127 cm³/mol. The molecular weight excluding hydrogens is 580 g/mol. The summed E-state index contributed by atoms with van der Waals surface area (Å²) in [5.74, 6) is -0.0741. The molecule has 1 amide bonds. The molecule has 1 atom stereocenters. The molecule has 0 aliphatic heterocycles. The zero-order chi connectivity index (χ0) is 21.7. The van der Waals surface area contributed by atoms with Crippen LogP contribution < -0.4 is 4.90 Å². The van der Waals surface area contributed by atoms with Gasteiger partial charge >= 0.3 is 0 Å². The molecule has 1 aromatic heterocycles. The molecule has 0 radical (unpaired) electrons. The number of pyridine rings is 1. The van der Waals surface area contributed by atoms with Gasteiger partial charge in [0.25, 0.3) is 0 Å². The molecule has 0 saturated carbocycles. The Bertz CT molecular complexity index is 1080. The van der Waals surface area contributed by atoms with Gasteiger partial charge in [-0.25, -0.2) is 4.98 Å². The van der Waals surface area contributed by atoms with Crippen molar-refractivity contribution in [1.29, 1.82) is 0 Å². The third-order valence-electron chi connectivity index (χ3n) is 4.35. The van der Waals surface area contributed by atoms with Crippen LogP contribution in [0.15, 0.2) is 92.1 Å². The summed E-state index contributed by atoms with van der Waals surface area (Å²) in [6, 6.07) is 16.5. The number of hydrogen-bond donors (Lipinski definition) is 1. The van der Waals surface area contributed by atoms with E-state index < -0.39 is 11.8 Å². The molecule has 1 heterocycles. The summed E-state index contributed by atoms with van der Waals surface area (Å²) < 4.78 is 2.39. The van der Waals surface area contributed by atoms with Gasteiger partial charge < -0.3 is 5.11 Å². The van der Waals surface area contributed by atoms with Gasteiger partial charge in [-0.3, -0.25) is 14.5 Å². The van der Waals surface area contributed by atoms with E-state index in [-0.39, 0.29) is 5.57 Å². The van der Waals surface area contributed by atoms with Gasteiger partial charge in [0, 0.05) is 25.2 Å². The Morgan fingerprint density at radius 3 is 2.07 bits per heavy atom. The number of aliphatic hydroxyl groups excluding tert-OH is 1. The molecule has 0 bridgehead atoms. The maximum atomic E-state index is 13.3. The molecule has 2 aromatic carbocycles. The van der Waals surface area contributed by atoms with Crippen molar-refractivity contribution in [2.24, 2.45) is 0 Å². The molecule has 3 rings (SSSR count). The van der Waals surface area contributed by atoms with Gasteiger partial charge in [-0.1, -0.05) is 59.9 Å². The van der Waals surface area contributed by atoms with Gasteiger partial charge in [-0.2, -0.15) is 0 Å². The standard InChI is InChI=1S/C22H15Br3N2O3/c23-16-5-1-14(2-6-16)21(27(13-29)20-11-18(25)9-10-26-20)19(12-28)22(30)15-3-7-17(24)8-4-15/h1-13,21,28H/b19-12-. The highest BCUT2D eigenvalue weighted by Gasteiger charge is 2.31. The summed E-state index contributed by atoms with van der Waals surface area (Å²) in [5, 5.41) is 10.1. The molecule has 0 fully saturated rings. The zero-order valence-electron chi connectivity index (χ0n) is 15.4. The Kier molecular flexibility index (Phi) is 7.58. The van der Waals surface area contributed by atoms with Crippen molar-refractivity contribution in [1.82, 2.24) is 4.98 Å². The molecule has 30 heavy (non-hydrogen) atoms. The maximum absolute atomic E-state index is 13.3. The van der Waals surface area contributed by atoms with Gasteiger partial charge in [-0.05, 0) is 54.1 Å². The van der Waals surface area contributed by atoms with Crippen molar-refractivity contribution in [3.63, 3.8) is 0 Å². The highest BCUT2D eigenvalue weighted by molar-refractivity contribution is 9.11. The summed E-state index contributed by atoms with van der Waals surface area (Å²) in [7, 11) is 0. The first kappa shape index (κ1) is 22.4. The van der Waals surface area contributed by atoms with Crippen molar-refractivity contribution in [3.8, 4) is 0 Å². The fourth-order valence-electron chi connectivity index (χ4n) is 2.94. The lowest BCUT2D eigenvalue weighted by atomic mass is 9.92. The summed E-state index contributed by atoms with van der Waals surface area (Å²) in [6.07, 6.45) is 2.90. The molecule has 0 spiro atoms. The second-order valence-electron chi connectivity index (χ2n) is 6.22. The first-order valence-corrected chi connectivity index (χ1v) is 11.1. The SMILES string of the molecule is O=CN(c1cc(Br)ccn1)C(/C(=C/O)C(=O)c1ccc(Br)cc1)c1ccc(Br)cc1. The van der Waals surface area contributed by atoms with Crippen LogP contribution in [0.1, 0.15) is 22.0 Å². The Morgan fingerprint density at radius 1 is 0.933 bits per heavy atom. The average molecular weight is 595 g/mol. The number of halogens is 3. The number of anilines is 1. The van der Waals surface area contributed by atoms with Gasteiger partial charge in [0.1, 0.15) is 5.82 Å². The molecule has 5 nitrogen and oxygen atoms in total. The van der Waals surface area contributed by atoms with Crippen LogP contribution in [0.4, 0.5) is 5.82 Å². The molecule has 1 unspecified atom stereocenters. The normalized spacial score (nSPS) is 12.3. The lowest BCUT2D eigenvalue weighted by molar-refractivity contribution is -0.107. The summed E-state index contributed by atoms with van der Waals surface area (Å²) in [4.78, 5) is 31.0. The number of amides is 1. The van der Waals surface area contributed by atoms with Crippen LogP contribution in [0.5, 0.6) is 0 Å². The van der Waals surface area contributed by atoms with Gasteiger partial charge in [0.2, 0.25) is 6.41 Å². The van der Waals surface area contributed by atoms with E-state index >= 15 is 0 Å². The number of nitrogens with zero attached hydrogens (tertiary/aromatic N) is 2. The minimum absolute atomic E-state index is 0.0357. The lowest BCUT2D eigenvalue weighted by Crippen LogP contribution is -2.32. The second kappa shape index (κ2) is 10.1. The fraction of sp³-hybridized carbons (Fsp3) is 0.0455. The Balaban J connectivity index is 2.14. The molecular formula is C22H15Br3N2O3. The third-order valence-corrected chi connectivity index (χ3v) is 5.90. The molecule has 0 aliphatic carbocycles. The van der Waals surface area contributed by atoms with Crippen molar-refractivity contribution < 1.29 is 14.7 Å². The number of ketones is 1. The van der Waals surface area contributed by atoms with E-state index in [1.807, 2.05) is 0 Å². The molecule has 3 aromatic rings. The highest BCUT2D eigenvalue weighted by atomic mass is 79.9. The van der Waals surface area contributed by atoms with Gasteiger partial charge in [-0.15, -0.1) is 0 Å². The molecule has 8 heteroatoms. The van der Waals surface area contributed by atoms with Crippen LogP contribution >= 0.6 is 47.8 Å². The minimum Gasteiger partial charge on any atom is -0.515 e. The number of benzene rings is 2. The number of hydrogen-bond acceptors (Lipinski definition) is 4. The van der Waals surface area contributed by atoms with Crippen molar-refractivity contribution in [2.45, 2.75) is 6.04 Å². The van der Waals surface area contributed by atoms with Gasteiger partial charge in [0.05, 0.1) is 17.9 Å². The van der Waals surface area contributed by atoms with Crippen molar-refractivity contribution in [3.05, 3.63) is 103 Å². The smallest absolute Gasteiger partial charge is 0.216 e. The lowest BCUT2D eigenvalue weighted by Gasteiger charge is -2.29. The number of aromatic nitrogens is 1. The molecule has 152 valence electrons. The second-order valence-corrected chi connectivity index (χ2v) is 8.97. The monoisotopic (exact) mass is 592 g/mol. The minimum atomic E-state index is -0.890. The maximum Gasteiger partial charge on any atom is 0.216 e. The van der Waals surface area contributed by atoms with E-state index in [0.29, 0.717) is 23.4 Å². The third kappa shape index (κ3) is 5.06. The quantitative estimate of drug-likeness (QED) is 0.149. The van der Waals surface area contributed by atoms with Crippen molar-refractivity contribution >= 4 is 65.8 Å². The molecule has 1 N–H and O–H groups in total. The van der Waals surface area contributed by atoms with E-state index in [1.54, 1.807) is 66.9 Å². The van der Waals surface area contributed by atoms with Crippen LogP contribution in [0, 0.1) is 0 Å². The number of carbonyl (C=O) groups is 2. The van der Waals surface area contributed by atoms with Gasteiger partial charge in [0.15, 0.2) is 5.78 Å². The van der Waals surface area contributed by atoms with Crippen LogP contribution in [-0.4, -0.2) is 22.3 Å². The van der Waals surface area contributed by atoms with Crippen LogP contribution in [0.2, 0.25) is 0 Å². The first-order chi connectivity index (χ1) is 14.4. The fourth-order valence-corrected chi connectivity index (χ4v) is 3.79. The number of Topliss-reactive ketones (excluding diaryl/α,β-unsaturated/α-hetero) is 1. The van der Waals surface area contributed by atoms with Crippen LogP contribution in [0.3, 0.4) is 0 Å². The number of aliphatic hydroxyl groups is 1. The van der Waals surface area contributed by atoms with Crippen LogP contribution in [-0.2, 0) is 4.79 Å². The Labute approximate surface area is 198 Å². The van der Waals surface area contributed by atoms with E-state index in [1.165, 1.54) is 4.90 Å². The largest absolute Gasteiger partial charge is 0.515 e. The Hall–Kier alpha value is -2.29. The zero-order valence-corrected chi connectivity index (χ0v) is 20.1. The molecule has 0 aliphatic rings. The Morgan fingerprint density at radius 2 is 1.53 bits per heavy atom. The number of carbonyl (C=O) groups excluding carboxylic acids is 2. The average Bonchev–Trinajstić information content (AvgIpc) is 2.75. The summed E-state index contributed by atoms with van der Waals surface area (Å²) >= 11 is 10.1. The van der Waals surface area contributed by atoms with Crippen LogP contribution in [0.25, 0.3) is 0 Å². The number of rotatable bonds is 7. The van der Waals surface area contributed by atoms with E-state index in [9.17, 15) is 14.7 Å². The highest BCUT2D eigenvalue weighted by Crippen LogP contribution is 2.34. The summed E-state index contributed by atoms with van der Waals surface area (Å²) in [5.41, 5.74) is 1.06. The molecule has 0 saturated heterocycles. The van der Waals surface area contributed by atoms with Crippen molar-refractivity contribution in [2.75, 3.05) is 4.90 Å². The van der Waals surface area contributed by atoms with E-state index in [4.69, 9.17) is 0 Å². The van der Waals surface area contributed by atoms with E-state index in [2.05, 4.69) is 52.8 Å².